The van der Waals surface area contributed by atoms with Gasteiger partial charge in [0, 0.05) is 18.3 Å². The van der Waals surface area contributed by atoms with Crippen molar-refractivity contribution < 1.29 is 9.59 Å². The zero-order chi connectivity index (χ0) is 17.0. The first kappa shape index (κ1) is 16.8. The maximum atomic E-state index is 12.1. The molecule has 1 aromatic carbocycles. The lowest BCUT2D eigenvalue weighted by Gasteiger charge is -2.23. The lowest BCUT2D eigenvalue weighted by atomic mass is 9.98. The number of anilines is 2. The number of hydrogen-bond acceptors (Lipinski definition) is 4. The number of carbonyl (C=O) groups excluding carboxylic acids is 2. The van der Waals surface area contributed by atoms with Crippen LogP contribution in [-0.2, 0) is 9.59 Å². The standard InChI is InChI=1S/C17H22N4O2/c1-11-4-7-14(8-15(11)20-12(2)22)19-9-16(23)21-17(3,10-18)13-5-6-13/h4,7-8,13,19H,5-6,9H2,1-3H3,(H,20,22)(H,21,23). The van der Waals surface area contributed by atoms with Gasteiger partial charge in [-0.3, -0.25) is 9.59 Å². The van der Waals surface area contributed by atoms with Gasteiger partial charge in [0.05, 0.1) is 12.6 Å². The zero-order valence-electron chi connectivity index (χ0n) is 13.7. The summed E-state index contributed by atoms with van der Waals surface area (Å²) in [5, 5.41) is 17.8. The van der Waals surface area contributed by atoms with E-state index in [1.54, 1.807) is 13.0 Å². The van der Waals surface area contributed by atoms with E-state index in [2.05, 4.69) is 22.0 Å². The van der Waals surface area contributed by atoms with Gasteiger partial charge in [0.2, 0.25) is 11.8 Å². The fourth-order valence-electron chi connectivity index (χ4n) is 2.45. The van der Waals surface area contributed by atoms with Crippen molar-refractivity contribution in [3.8, 4) is 6.07 Å². The molecule has 0 spiro atoms. The highest BCUT2D eigenvalue weighted by Gasteiger charge is 2.42. The summed E-state index contributed by atoms with van der Waals surface area (Å²) < 4.78 is 0. The molecule has 23 heavy (non-hydrogen) atoms. The molecule has 1 aliphatic rings. The van der Waals surface area contributed by atoms with Crippen LogP contribution in [0.15, 0.2) is 18.2 Å². The maximum Gasteiger partial charge on any atom is 0.240 e. The smallest absolute Gasteiger partial charge is 0.240 e. The second-order valence-corrected chi connectivity index (χ2v) is 6.20. The molecule has 1 aromatic rings. The predicted molar refractivity (Wildman–Crippen MR) is 88.9 cm³/mol. The van der Waals surface area contributed by atoms with Crippen molar-refractivity contribution in [2.45, 2.75) is 39.2 Å². The normalized spacial score (nSPS) is 15.9. The third-order valence-electron chi connectivity index (χ3n) is 4.03. The van der Waals surface area contributed by atoms with Crippen molar-refractivity contribution in [3.63, 3.8) is 0 Å². The minimum absolute atomic E-state index is 0.0760. The van der Waals surface area contributed by atoms with Crippen LogP contribution in [0.4, 0.5) is 11.4 Å². The summed E-state index contributed by atoms with van der Waals surface area (Å²) in [6.45, 7) is 5.19. The van der Waals surface area contributed by atoms with E-state index in [4.69, 9.17) is 0 Å². The van der Waals surface area contributed by atoms with E-state index in [1.165, 1.54) is 6.92 Å². The van der Waals surface area contributed by atoms with E-state index in [1.807, 2.05) is 19.1 Å². The van der Waals surface area contributed by atoms with Gasteiger partial charge in [-0.2, -0.15) is 5.26 Å². The molecular formula is C17H22N4O2. The Bertz CT molecular complexity index is 661. The molecule has 3 N–H and O–H groups in total. The van der Waals surface area contributed by atoms with Crippen LogP contribution in [0, 0.1) is 24.2 Å². The first-order valence-electron chi connectivity index (χ1n) is 7.68. The van der Waals surface area contributed by atoms with Gasteiger partial charge < -0.3 is 16.0 Å². The molecule has 1 atom stereocenters. The average molecular weight is 314 g/mol. The summed E-state index contributed by atoms with van der Waals surface area (Å²) in [6, 6.07) is 7.70. The molecule has 2 amide bonds. The van der Waals surface area contributed by atoms with Crippen LogP contribution in [0.1, 0.15) is 32.3 Å². The van der Waals surface area contributed by atoms with E-state index in [9.17, 15) is 14.9 Å². The monoisotopic (exact) mass is 314 g/mol. The van der Waals surface area contributed by atoms with Gasteiger partial charge in [-0.1, -0.05) is 6.07 Å². The molecule has 1 fully saturated rings. The van der Waals surface area contributed by atoms with E-state index in [0.29, 0.717) is 5.69 Å². The summed E-state index contributed by atoms with van der Waals surface area (Å²) in [5.74, 6) is -0.109. The van der Waals surface area contributed by atoms with Gasteiger partial charge in [0.1, 0.15) is 5.54 Å². The number of benzene rings is 1. The van der Waals surface area contributed by atoms with Gasteiger partial charge in [-0.15, -0.1) is 0 Å². The quantitative estimate of drug-likeness (QED) is 0.750. The highest BCUT2D eigenvalue weighted by atomic mass is 16.2. The lowest BCUT2D eigenvalue weighted by Crippen LogP contribution is -2.48. The summed E-state index contributed by atoms with van der Waals surface area (Å²) >= 11 is 0. The van der Waals surface area contributed by atoms with Crippen molar-refractivity contribution in [3.05, 3.63) is 23.8 Å². The van der Waals surface area contributed by atoms with Crippen molar-refractivity contribution in [1.82, 2.24) is 5.32 Å². The Kier molecular flexibility index (Phi) is 4.89. The average Bonchev–Trinajstić information content (AvgIpc) is 3.32. The van der Waals surface area contributed by atoms with Crippen LogP contribution >= 0.6 is 0 Å². The predicted octanol–water partition coefficient (Wildman–Crippen LogP) is 2.17. The number of amides is 2. The Labute approximate surface area is 136 Å². The third kappa shape index (κ3) is 4.46. The van der Waals surface area contributed by atoms with Crippen LogP contribution in [0.2, 0.25) is 0 Å². The minimum atomic E-state index is -0.784. The summed E-state index contributed by atoms with van der Waals surface area (Å²) in [6.07, 6.45) is 1.96. The fraction of sp³-hybridized carbons (Fsp3) is 0.471. The number of nitriles is 1. The Balaban J connectivity index is 1.94. The Morgan fingerprint density at radius 3 is 2.65 bits per heavy atom. The maximum absolute atomic E-state index is 12.1. The van der Waals surface area contributed by atoms with E-state index in [0.717, 1.165) is 24.1 Å². The largest absolute Gasteiger partial charge is 0.376 e. The highest BCUT2D eigenvalue weighted by molar-refractivity contribution is 5.90. The van der Waals surface area contributed by atoms with Gasteiger partial charge in [-0.25, -0.2) is 0 Å². The second-order valence-electron chi connectivity index (χ2n) is 6.20. The Morgan fingerprint density at radius 1 is 1.39 bits per heavy atom. The molecule has 2 rings (SSSR count). The molecule has 0 heterocycles. The molecule has 122 valence electrons. The van der Waals surface area contributed by atoms with Crippen molar-refractivity contribution in [2.24, 2.45) is 5.92 Å². The number of hydrogen-bond donors (Lipinski definition) is 3. The first-order chi connectivity index (χ1) is 10.8. The summed E-state index contributed by atoms with van der Waals surface area (Å²) in [5.41, 5.74) is 1.61. The molecule has 1 saturated carbocycles. The fourth-order valence-corrected chi connectivity index (χ4v) is 2.45. The van der Waals surface area contributed by atoms with Crippen LogP contribution in [0.5, 0.6) is 0 Å². The van der Waals surface area contributed by atoms with Crippen LogP contribution in [0.3, 0.4) is 0 Å². The third-order valence-corrected chi connectivity index (χ3v) is 4.03. The molecule has 1 aliphatic carbocycles. The van der Waals surface area contributed by atoms with Gasteiger partial charge in [0.25, 0.3) is 0 Å². The van der Waals surface area contributed by atoms with Crippen LogP contribution in [0.25, 0.3) is 0 Å². The molecule has 0 aromatic heterocycles. The first-order valence-corrected chi connectivity index (χ1v) is 7.68. The number of carbonyl (C=O) groups is 2. The van der Waals surface area contributed by atoms with Gasteiger partial charge >= 0.3 is 0 Å². The lowest BCUT2D eigenvalue weighted by molar-refractivity contribution is -0.120. The van der Waals surface area contributed by atoms with Crippen molar-refractivity contribution >= 4 is 23.2 Å². The molecule has 0 aliphatic heterocycles. The van der Waals surface area contributed by atoms with E-state index >= 15 is 0 Å². The second kappa shape index (κ2) is 6.69. The van der Waals surface area contributed by atoms with Crippen LogP contribution in [-0.4, -0.2) is 23.9 Å². The minimum Gasteiger partial charge on any atom is -0.376 e. The molecular weight excluding hydrogens is 292 g/mol. The molecule has 0 bridgehead atoms. The Hall–Kier alpha value is -2.55. The van der Waals surface area contributed by atoms with Gasteiger partial charge in [-0.05, 0) is 50.3 Å². The number of aryl methyl sites for hydroxylation is 1. The molecule has 1 unspecified atom stereocenters. The van der Waals surface area contributed by atoms with E-state index in [-0.39, 0.29) is 24.3 Å². The van der Waals surface area contributed by atoms with Crippen molar-refractivity contribution in [2.75, 3.05) is 17.2 Å². The number of nitrogens with zero attached hydrogens (tertiary/aromatic N) is 1. The molecule has 6 nitrogen and oxygen atoms in total. The van der Waals surface area contributed by atoms with Gasteiger partial charge in [0.15, 0.2) is 0 Å². The van der Waals surface area contributed by atoms with Crippen LogP contribution < -0.4 is 16.0 Å². The zero-order valence-corrected chi connectivity index (χ0v) is 13.7. The topological polar surface area (TPSA) is 94.0 Å². The number of nitrogens with one attached hydrogen (secondary N) is 3. The van der Waals surface area contributed by atoms with Crippen molar-refractivity contribution in [1.29, 1.82) is 5.26 Å². The van der Waals surface area contributed by atoms with E-state index < -0.39 is 5.54 Å². The summed E-state index contributed by atoms with van der Waals surface area (Å²) in [7, 11) is 0. The Morgan fingerprint density at radius 2 is 2.09 bits per heavy atom. The molecule has 0 saturated heterocycles. The molecule has 6 heteroatoms. The summed E-state index contributed by atoms with van der Waals surface area (Å²) in [4.78, 5) is 23.2. The number of rotatable bonds is 6. The molecule has 0 radical (unpaired) electrons. The highest BCUT2D eigenvalue weighted by Crippen LogP contribution is 2.39. The SMILES string of the molecule is CC(=O)Nc1cc(NCC(=O)NC(C)(C#N)C2CC2)ccc1C.